The van der Waals surface area contributed by atoms with E-state index in [-0.39, 0.29) is 5.57 Å². The summed E-state index contributed by atoms with van der Waals surface area (Å²) in [4.78, 5) is 21.7. The van der Waals surface area contributed by atoms with Crippen molar-refractivity contribution in [2.75, 3.05) is 6.61 Å². The van der Waals surface area contributed by atoms with Crippen LogP contribution in [0.3, 0.4) is 0 Å². The molecule has 0 bridgehead atoms. The second kappa shape index (κ2) is 5.42. The van der Waals surface area contributed by atoms with Crippen LogP contribution in [0.2, 0.25) is 0 Å². The summed E-state index contributed by atoms with van der Waals surface area (Å²) in [5, 5.41) is 0. The van der Waals surface area contributed by atoms with Gasteiger partial charge in [-0.2, -0.15) is 0 Å². The average Bonchev–Trinajstić information content (AvgIpc) is 2.15. The highest BCUT2D eigenvalue weighted by Crippen LogP contribution is 2.12. The van der Waals surface area contributed by atoms with Gasteiger partial charge in [-0.25, -0.2) is 9.59 Å². The molecule has 0 atom stereocenters. The van der Waals surface area contributed by atoms with Gasteiger partial charge in [-0.1, -0.05) is 26.2 Å². The first-order valence-corrected chi connectivity index (χ1v) is 4.84. The van der Waals surface area contributed by atoms with E-state index in [2.05, 4.69) is 11.7 Å². The summed E-state index contributed by atoms with van der Waals surface area (Å²) in [6.45, 7) is 2.49. The van der Waals surface area contributed by atoms with E-state index < -0.39 is 11.9 Å². The number of hydrogen-bond acceptors (Lipinski definition) is 4. The maximum atomic E-state index is 11.1. The number of unbranched alkanes of at least 4 members (excludes halogenated alkanes) is 3. The highest BCUT2D eigenvalue weighted by Gasteiger charge is 2.28. The van der Waals surface area contributed by atoms with Gasteiger partial charge in [0.15, 0.2) is 5.57 Å². The lowest BCUT2D eigenvalue weighted by Gasteiger charge is -2.11. The molecule has 0 fully saturated rings. The fourth-order valence-corrected chi connectivity index (χ4v) is 1.07. The molecule has 0 N–H and O–H groups in total. The van der Waals surface area contributed by atoms with Gasteiger partial charge in [0.2, 0.25) is 0 Å². The fourth-order valence-electron chi connectivity index (χ4n) is 1.07. The van der Waals surface area contributed by atoms with Crippen molar-refractivity contribution < 1.29 is 19.1 Å². The molecule has 1 aliphatic heterocycles. The van der Waals surface area contributed by atoms with Crippen LogP contribution in [0, 0.1) is 0 Å². The van der Waals surface area contributed by atoms with E-state index in [1.54, 1.807) is 0 Å². The van der Waals surface area contributed by atoms with Gasteiger partial charge in [0, 0.05) is 0 Å². The van der Waals surface area contributed by atoms with Crippen molar-refractivity contribution in [1.29, 1.82) is 0 Å². The molecule has 0 spiro atoms. The van der Waals surface area contributed by atoms with Crippen molar-refractivity contribution in [2.45, 2.75) is 32.6 Å². The summed E-state index contributed by atoms with van der Waals surface area (Å²) >= 11 is 0. The Hall–Kier alpha value is -1.32. The minimum atomic E-state index is -0.594. The van der Waals surface area contributed by atoms with Crippen molar-refractivity contribution in [2.24, 2.45) is 0 Å². The minimum Gasteiger partial charge on any atom is -0.462 e. The topological polar surface area (TPSA) is 52.6 Å². The molecule has 1 rings (SSSR count). The Bertz CT molecular complexity index is 255. The average molecular weight is 198 g/mol. The van der Waals surface area contributed by atoms with Crippen molar-refractivity contribution in [3.63, 3.8) is 0 Å². The number of rotatable bonds is 6. The molecule has 1 heterocycles. The highest BCUT2D eigenvalue weighted by molar-refractivity contribution is 6.17. The number of carbonyl (C=O) groups is 2. The number of carbonyl (C=O) groups excluding carboxylic acids is 2. The Morgan fingerprint density at radius 3 is 2.71 bits per heavy atom. The summed E-state index contributed by atoms with van der Waals surface area (Å²) in [5.74, 6) is -1.17. The van der Waals surface area contributed by atoms with Gasteiger partial charge in [0.05, 0.1) is 6.61 Å². The predicted octanol–water partition coefficient (Wildman–Crippen LogP) is 1.55. The van der Waals surface area contributed by atoms with E-state index in [1.807, 2.05) is 0 Å². The minimum absolute atomic E-state index is 0.0143. The van der Waals surface area contributed by atoms with Gasteiger partial charge >= 0.3 is 11.9 Å². The molecule has 4 heteroatoms. The molecule has 78 valence electrons. The molecular formula is C10H14O4. The maximum Gasteiger partial charge on any atom is 0.353 e. The number of hydrogen-bond donors (Lipinski definition) is 0. The number of ether oxygens (including phenoxy) is 2. The van der Waals surface area contributed by atoms with E-state index in [0.717, 1.165) is 31.9 Å². The lowest BCUT2D eigenvalue weighted by Crippen LogP contribution is -2.24. The third kappa shape index (κ3) is 2.87. The second-order valence-corrected chi connectivity index (χ2v) is 3.13. The van der Waals surface area contributed by atoms with Gasteiger partial charge in [-0.15, -0.1) is 0 Å². The third-order valence-electron chi connectivity index (χ3n) is 1.95. The molecule has 0 aliphatic carbocycles. The van der Waals surface area contributed by atoms with E-state index >= 15 is 0 Å². The van der Waals surface area contributed by atoms with Crippen molar-refractivity contribution >= 4 is 11.9 Å². The lowest BCUT2D eigenvalue weighted by molar-refractivity contribution is -0.148. The Labute approximate surface area is 82.9 Å². The van der Waals surface area contributed by atoms with Crippen LogP contribution in [0.4, 0.5) is 0 Å². The smallest absolute Gasteiger partial charge is 0.353 e. The van der Waals surface area contributed by atoms with Gasteiger partial charge in [0.1, 0.15) is 6.26 Å². The van der Waals surface area contributed by atoms with Crippen molar-refractivity contribution in [1.82, 2.24) is 0 Å². The zero-order chi connectivity index (χ0) is 10.4. The molecule has 4 nitrogen and oxygen atoms in total. The Morgan fingerprint density at radius 2 is 2.21 bits per heavy atom. The molecule has 0 aromatic carbocycles. The molecule has 1 aliphatic rings. The summed E-state index contributed by atoms with van der Waals surface area (Å²) < 4.78 is 9.16. The van der Waals surface area contributed by atoms with Gasteiger partial charge in [0.25, 0.3) is 0 Å². The maximum absolute atomic E-state index is 11.1. The standard InChI is InChI=1S/C10H14O4/c1-2-3-4-5-6-13-9(11)8-7-14-10(8)12/h7H,2-6H2,1H3. The number of cyclic esters (lactones) is 1. The zero-order valence-corrected chi connectivity index (χ0v) is 8.25. The third-order valence-corrected chi connectivity index (χ3v) is 1.95. The van der Waals surface area contributed by atoms with Crippen LogP contribution in [0.25, 0.3) is 0 Å². The molecule has 0 aromatic heterocycles. The SMILES string of the molecule is CCCCCCOC(=O)C1=COC1=O. The van der Waals surface area contributed by atoms with Crippen LogP contribution in [0.1, 0.15) is 32.6 Å². The van der Waals surface area contributed by atoms with Crippen LogP contribution in [-0.2, 0) is 19.1 Å². The molecule has 14 heavy (non-hydrogen) atoms. The predicted molar refractivity (Wildman–Crippen MR) is 49.3 cm³/mol. The molecule has 0 unspecified atom stereocenters. The molecular weight excluding hydrogens is 184 g/mol. The number of esters is 2. The van der Waals surface area contributed by atoms with Crippen molar-refractivity contribution in [3.05, 3.63) is 11.8 Å². The Morgan fingerprint density at radius 1 is 1.43 bits per heavy atom. The monoisotopic (exact) mass is 198 g/mol. The first-order valence-electron chi connectivity index (χ1n) is 4.84. The van der Waals surface area contributed by atoms with Crippen LogP contribution in [0.15, 0.2) is 11.8 Å². The van der Waals surface area contributed by atoms with Crippen LogP contribution >= 0.6 is 0 Å². The van der Waals surface area contributed by atoms with E-state index in [0.29, 0.717) is 6.61 Å². The zero-order valence-electron chi connectivity index (χ0n) is 8.25. The summed E-state index contributed by atoms with van der Waals surface area (Å²) in [6.07, 6.45) is 5.31. The van der Waals surface area contributed by atoms with Crippen LogP contribution < -0.4 is 0 Å². The lowest BCUT2D eigenvalue weighted by atomic mass is 10.2. The molecule has 0 aromatic rings. The molecule has 0 radical (unpaired) electrons. The van der Waals surface area contributed by atoms with E-state index in [4.69, 9.17) is 4.74 Å². The van der Waals surface area contributed by atoms with Crippen LogP contribution in [0.5, 0.6) is 0 Å². The molecule has 0 saturated heterocycles. The van der Waals surface area contributed by atoms with Crippen LogP contribution in [-0.4, -0.2) is 18.5 Å². The van der Waals surface area contributed by atoms with E-state index in [9.17, 15) is 9.59 Å². The Balaban J connectivity index is 2.07. The van der Waals surface area contributed by atoms with Crippen molar-refractivity contribution in [3.8, 4) is 0 Å². The Kier molecular flexibility index (Phi) is 4.16. The summed E-state index contributed by atoms with van der Waals surface area (Å²) in [6, 6.07) is 0. The first kappa shape index (κ1) is 10.8. The fraction of sp³-hybridized carbons (Fsp3) is 0.600. The summed E-state index contributed by atoms with van der Waals surface area (Å²) in [5.41, 5.74) is 0.0143. The summed E-state index contributed by atoms with van der Waals surface area (Å²) in [7, 11) is 0. The quantitative estimate of drug-likeness (QED) is 0.369. The largest absolute Gasteiger partial charge is 0.462 e. The first-order chi connectivity index (χ1) is 6.75. The molecule has 0 saturated carbocycles. The second-order valence-electron chi connectivity index (χ2n) is 3.13. The van der Waals surface area contributed by atoms with E-state index in [1.165, 1.54) is 0 Å². The van der Waals surface area contributed by atoms with Gasteiger partial charge in [-0.3, -0.25) is 0 Å². The highest BCUT2D eigenvalue weighted by atomic mass is 16.6. The normalized spacial score (nSPS) is 14.1. The molecule has 0 amide bonds. The van der Waals surface area contributed by atoms with Gasteiger partial charge in [-0.05, 0) is 6.42 Å². The van der Waals surface area contributed by atoms with Gasteiger partial charge < -0.3 is 9.47 Å².